The number of halogens is 3. The van der Waals surface area contributed by atoms with Crippen molar-refractivity contribution < 1.29 is 4.79 Å². The van der Waals surface area contributed by atoms with E-state index in [2.05, 4.69) is 0 Å². The van der Waals surface area contributed by atoms with Crippen LogP contribution in [0.3, 0.4) is 0 Å². The zero-order chi connectivity index (χ0) is 15.1. The van der Waals surface area contributed by atoms with Crippen LogP contribution in [0.25, 0.3) is 0 Å². The van der Waals surface area contributed by atoms with E-state index in [4.69, 9.17) is 40.5 Å². The zero-order valence-electron chi connectivity index (χ0n) is 10.8. The second-order valence-corrected chi connectivity index (χ2v) is 6.08. The van der Waals surface area contributed by atoms with Crippen molar-refractivity contribution in [2.24, 2.45) is 5.73 Å². The first-order valence-electron chi connectivity index (χ1n) is 6.28. The number of β-lactam (4-membered cyclic amide) rings is 1. The van der Waals surface area contributed by atoms with Gasteiger partial charge in [-0.1, -0.05) is 46.9 Å². The number of hydrogen-bond donors (Lipinski definition) is 1. The predicted octanol–water partition coefficient (Wildman–Crippen LogP) is 4.06. The molecule has 3 rings (SSSR count). The Morgan fingerprint density at radius 3 is 2.43 bits per heavy atom. The highest BCUT2D eigenvalue weighted by Gasteiger charge is 2.46. The molecule has 1 aliphatic rings. The molecule has 2 atom stereocenters. The number of nitrogens with zero attached hydrogens (tertiary/aromatic N) is 1. The fourth-order valence-electron chi connectivity index (χ4n) is 2.48. The molecule has 0 spiro atoms. The summed E-state index contributed by atoms with van der Waals surface area (Å²) >= 11 is 17.9. The fourth-order valence-corrected chi connectivity index (χ4v) is 2.97. The number of benzene rings is 2. The van der Waals surface area contributed by atoms with Crippen LogP contribution in [0.5, 0.6) is 0 Å². The van der Waals surface area contributed by atoms with Crippen molar-refractivity contribution in [2.45, 2.75) is 12.1 Å². The number of carbonyl (C=O) groups is 1. The van der Waals surface area contributed by atoms with E-state index in [-0.39, 0.29) is 11.9 Å². The highest BCUT2D eigenvalue weighted by atomic mass is 35.5. The van der Waals surface area contributed by atoms with Crippen LogP contribution in [0.4, 0.5) is 5.69 Å². The van der Waals surface area contributed by atoms with Gasteiger partial charge in [0.1, 0.15) is 6.04 Å². The molecule has 2 aromatic carbocycles. The lowest BCUT2D eigenvalue weighted by Crippen LogP contribution is -2.63. The van der Waals surface area contributed by atoms with Gasteiger partial charge < -0.3 is 10.6 Å². The summed E-state index contributed by atoms with van der Waals surface area (Å²) in [6.07, 6.45) is 0. The van der Waals surface area contributed by atoms with Crippen molar-refractivity contribution in [3.05, 3.63) is 63.1 Å². The molecule has 108 valence electrons. The number of nitrogens with two attached hydrogens (primary N) is 1. The summed E-state index contributed by atoms with van der Waals surface area (Å²) in [5, 5.41) is 1.44. The lowest BCUT2D eigenvalue weighted by molar-refractivity contribution is -0.126. The third-order valence-electron chi connectivity index (χ3n) is 3.51. The Labute approximate surface area is 137 Å². The first-order chi connectivity index (χ1) is 9.99. The monoisotopic (exact) mass is 340 g/mol. The van der Waals surface area contributed by atoms with E-state index < -0.39 is 6.04 Å². The summed E-state index contributed by atoms with van der Waals surface area (Å²) < 4.78 is 0. The quantitative estimate of drug-likeness (QED) is 0.837. The predicted molar refractivity (Wildman–Crippen MR) is 86.1 cm³/mol. The minimum Gasteiger partial charge on any atom is -0.318 e. The molecule has 2 aromatic rings. The Morgan fingerprint density at radius 1 is 1.00 bits per heavy atom. The first-order valence-corrected chi connectivity index (χ1v) is 7.41. The van der Waals surface area contributed by atoms with Gasteiger partial charge in [-0.15, -0.1) is 0 Å². The molecule has 0 aromatic heterocycles. The average Bonchev–Trinajstić information content (AvgIpc) is 2.46. The molecule has 0 bridgehead atoms. The van der Waals surface area contributed by atoms with Gasteiger partial charge in [0.2, 0.25) is 5.91 Å². The number of hydrogen-bond acceptors (Lipinski definition) is 2. The van der Waals surface area contributed by atoms with Crippen LogP contribution in [0, 0.1) is 0 Å². The highest BCUT2D eigenvalue weighted by Crippen LogP contribution is 2.40. The molecule has 21 heavy (non-hydrogen) atoms. The van der Waals surface area contributed by atoms with Gasteiger partial charge in [0.05, 0.1) is 16.1 Å². The Hall–Kier alpha value is -1.26. The third kappa shape index (κ3) is 2.51. The molecule has 3 nitrogen and oxygen atoms in total. The van der Waals surface area contributed by atoms with Crippen molar-refractivity contribution in [2.75, 3.05) is 4.90 Å². The average molecular weight is 342 g/mol. The van der Waals surface area contributed by atoms with Crippen LogP contribution in [-0.2, 0) is 4.79 Å². The number of anilines is 1. The second kappa shape index (κ2) is 5.50. The lowest BCUT2D eigenvalue weighted by atomic mass is 9.88. The van der Waals surface area contributed by atoms with Crippen LogP contribution in [0.2, 0.25) is 15.1 Å². The first kappa shape index (κ1) is 14.7. The van der Waals surface area contributed by atoms with Crippen molar-refractivity contribution in [3.63, 3.8) is 0 Å². The number of amides is 1. The van der Waals surface area contributed by atoms with E-state index in [1.807, 2.05) is 18.2 Å². The van der Waals surface area contributed by atoms with Gasteiger partial charge in [-0.3, -0.25) is 4.79 Å². The molecule has 1 aliphatic heterocycles. The van der Waals surface area contributed by atoms with E-state index in [1.54, 1.807) is 29.2 Å². The molecule has 0 aliphatic carbocycles. The van der Waals surface area contributed by atoms with E-state index >= 15 is 0 Å². The topological polar surface area (TPSA) is 46.3 Å². The number of rotatable bonds is 2. The summed E-state index contributed by atoms with van der Waals surface area (Å²) in [7, 11) is 0. The van der Waals surface area contributed by atoms with Gasteiger partial charge >= 0.3 is 0 Å². The van der Waals surface area contributed by atoms with Crippen molar-refractivity contribution >= 4 is 46.4 Å². The van der Waals surface area contributed by atoms with Gasteiger partial charge in [0, 0.05) is 10.7 Å². The third-order valence-corrected chi connectivity index (χ3v) is 4.49. The number of carbonyl (C=O) groups excluding carboxylic acids is 1. The molecule has 2 N–H and O–H groups in total. The summed E-state index contributed by atoms with van der Waals surface area (Å²) in [5.41, 5.74) is 7.51. The molecule has 0 radical (unpaired) electrons. The Bertz CT molecular complexity index is 720. The van der Waals surface area contributed by atoms with Crippen LogP contribution in [0.15, 0.2) is 42.5 Å². The Balaban J connectivity index is 2.00. The lowest BCUT2D eigenvalue weighted by Gasteiger charge is -2.45. The molecule has 0 saturated carbocycles. The van der Waals surface area contributed by atoms with E-state index in [9.17, 15) is 4.79 Å². The maximum Gasteiger partial charge on any atom is 0.247 e. The zero-order valence-corrected chi connectivity index (χ0v) is 13.0. The second-order valence-electron chi connectivity index (χ2n) is 4.83. The minimum absolute atomic E-state index is 0.154. The van der Waals surface area contributed by atoms with E-state index in [1.165, 1.54) is 0 Å². The van der Waals surface area contributed by atoms with Crippen LogP contribution >= 0.6 is 34.8 Å². The smallest absolute Gasteiger partial charge is 0.247 e. The van der Waals surface area contributed by atoms with Crippen molar-refractivity contribution in [3.8, 4) is 0 Å². The SMILES string of the molecule is N[C@@H]1C(=O)N(c2ccc(Cl)c(Cl)c2)[C@H]1c1cccc(Cl)c1. The van der Waals surface area contributed by atoms with Gasteiger partial charge in [0.25, 0.3) is 0 Å². The molecular formula is C15H11Cl3N2O. The highest BCUT2D eigenvalue weighted by molar-refractivity contribution is 6.42. The molecule has 1 amide bonds. The molecule has 1 fully saturated rings. The minimum atomic E-state index is -0.585. The summed E-state index contributed by atoms with van der Waals surface area (Å²) in [4.78, 5) is 13.7. The summed E-state index contributed by atoms with van der Waals surface area (Å²) in [6.45, 7) is 0. The molecular weight excluding hydrogens is 331 g/mol. The van der Waals surface area contributed by atoms with Crippen molar-refractivity contribution in [1.82, 2.24) is 0 Å². The normalized spacial score (nSPS) is 21.3. The van der Waals surface area contributed by atoms with Gasteiger partial charge in [0.15, 0.2) is 0 Å². The van der Waals surface area contributed by atoms with Crippen LogP contribution in [-0.4, -0.2) is 11.9 Å². The largest absolute Gasteiger partial charge is 0.318 e. The standard InChI is InChI=1S/C15H11Cl3N2O/c16-9-3-1-2-8(6-9)14-13(19)15(21)20(14)10-4-5-11(17)12(18)7-10/h1-7,13-14H,19H2/t13-,14-/m0/s1. The molecule has 1 heterocycles. The van der Waals surface area contributed by atoms with Crippen LogP contribution < -0.4 is 10.6 Å². The van der Waals surface area contributed by atoms with Gasteiger partial charge in [-0.25, -0.2) is 0 Å². The maximum absolute atomic E-state index is 12.1. The van der Waals surface area contributed by atoms with E-state index in [0.29, 0.717) is 20.8 Å². The van der Waals surface area contributed by atoms with E-state index in [0.717, 1.165) is 5.56 Å². The van der Waals surface area contributed by atoms with Crippen molar-refractivity contribution in [1.29, 1.82) is 0 Å². The molecule has 6 heteroatoms. The Morgan fingerprint density at radius 2 is 1.76 bits per heavy atom. The summed E-state index contributed by atoms with van der Waals surface area (Å²) in [6, 6.07) is 11.5. The molecule has 1 saturated heterocycles. The van der Waals surface area contributed by atoms with Crippen LogP contribution in [0.1, 0.15) is 11.6 Å². The van der Waals surface area contributed by atoms with Gasteiger partial charge in [-0.05, 0) is 35.9 Å². The van der Waals surface area contributed by atoms with Gasteiger partial charge in [-0.2, -0.15) is 0 Å². The Kier molecular flexibility index (Phi) is 3.84. The maximum atomic E-state index is 12.1. The fraction of sp³-hybridized carbons (Fsp3) is 0.133. The molecule has 0 unspecified atom stereocenters. The summed E-state index contributed by atoms with van der Waals surface area (Å²) in [5.74, 6) is -0.154.